The molecule has 0 radical (unpaired) electrons. The Bertz CT molecular complexity index is 492. The molecule has 0 saturated carbocycles. The molecule has 1 atom stereocenters. The minimum absolute atomic E-state index is 0.225. The summed E-state index contributed by atoms with van der Waals surface area (Å²) in [6.07, 6.45) is 1.77. The van der Waals surface area contributed by atoms with E-state index in [9.17, 15) is 0 Å². The molecule has 0 amide bonds. The van der Waals surface area contributed by atoms with E-state index in [1.165, 1.54) is 11.5 Å². The van der Waals surface area contributed by atoms with Gasteiger partial charge < -0.3 is 5.73 Å². The van der Waals surface area contributed by atoms with Crippen molar-refractivity contribution in [3.63, 3.8) is 0 Å². The van der Waals surface area contributed by atoms with E-state index in [4.69, 9.17) is 5.73 Å². The van der Waals surface area contributed by atoms with Gasteiger partial charge >= 0.3 is 0 Å². The van der Waals surface area contributed by atoms with Gasteiger partial charge in [0.05, 0.1) is 33.0 Å². The van der Waals surface area contributed by atoms with Crippen molar-refractivity contribution >= 4 is 27.5 Å². The second-order valence-corrected chi connectivity index (χ2v) is 5.03. The summed E-state index contributed by atoms with van der Waals surface area (Å²) in [5.74, 6) is 0. The van der Waals surface area contributed by atoms with Crippen molar-refractivity contribution in [2.75, 3.05) is 0 Å². The van der Waals surface area contributed by atoms with Crippen LogP contribution in [0.1, 0.15) is 29.2 Å². The summed E-state index contributed by atoms with van der Waals surface area (Å²) in [5, 5.41) is 8.22. The average molecular weight is 302 g/mol. The summed E-state index contributed by atoms with van der Waals surface area (Å²) in [6, 6.07) is -0.225. The minimum atomic E-state index is -0.225. The maximum atomic E-state index is 6.22. The van der Waals surface area contributed by atoms with Gasteiger partial charge in [-0.1, -0.05) is 4.49 Å². The highest BCUT2D eigenvalue weighted by Gasteiger charge is 2.21. The standard InChI is InChI=1S/C9H12BrN5S/c1-3-15-8(6(10)4-12-15)7(11)9-5(2)13-14-16-9/h4,7H,3,11H2,1-2H3. The lowest BCUT2D eigenvalue weighted by Gasteiger charge is -2.12. The number of hydrogen-bond donors (Lipinski definition) is 1. The number of hydrogen-bond acceptors (Lipinski definition) is 5. The van der Waals surface area contributed by atoms with E-state index in [1.807, 2.05) is 18.5 Å². The molecule has 0 aromatic carbocycles. The zero-order valence-corrected chi connectivity index (χ0v) is 11.4. The fourth-order valence-corrected chi connectivity index (χ4v) is 2.77. The topological polar surface area (TPSA) is 69.6 Å². The fraction of sp³-hybridized carbons (Fsp3) is 0.444. The third-order valence-electron chi connectivity index (χ3n) is 2.40. The molecule has 2 heterocycles. The number of aromatic nitrogens is 4. The molecule has 0 saturated heterocycles. The SMILES string of the molecule is CCn1ncc(Br)c1C(N)c1snnc1C. The van der Waals surface area contributed by atoms with Crippen molar-refractivity contribution in [2.45, 2.75) is 26.4 Å². The lowest BCUT2D eigenvalue weighted by Crippen LogP contribution is -2.17. The molecular formula is C9H12BrN5S. The molecule has 0 bridgehead atoms. The van der Waals surface area contributed by atoms with Crippen molar-refractivity contribution < 1.29 is 0 Å². The van der Waals surface area contributed by atoms with Crippen LogP contribution in [-0.2, 0) is 6.54 Å². The number of nitrogens with two attached hydrogens (primary N) is 1. The zero-order valence-electron chi connectivity index (χ0n) is 9.01. The van der Waals surface area contributed by atoms with Crippen LogP contribution in [0.2, 0.25) is 0 Å². The van der Waals surface area contributed by atoms with Gasteiger partial charge in [0.1, 0.15) is 0 Å². The van der Waals surface area contributed by atoms with Crippen molar-refractivity contribution in [2.24, 2.45) is 5.73 Å². The summed E-state index contributed by atoms with van der Waals surface area (Å²) in [7, 11) is 0. The smallest absolute Gasteiger partial charge is 0.0863 e. The maximum Gasteiger partial charge on any atom is 0.0863 e. The Morgan fingerprint density at radius 2 is 2.38 bits per heavy atom. The predicted molar refractivity (Wildman–Crippen MR) is 66.3 cm³/mol. The first-order valence-electron chi connectivity index (χ1n) is 4.90. The molecule has 86 valence electrons. The van der Waals surface area contributed by atoms with Crippen molar-refractivity contribution in [3.8, 4) is 0 Å². The predicted octanol–water partition coefficient (Wildman–Crippen LogP) is 1.87. The number of rotatable bonds is 3. The summed E-state index contributed by atoms with van der Waals surface area (Å²) < 4.78 is 6.71. The molecule has 0 aliphatic heterocycles. The largest absolute Gasteiger partial charge is 0.318 e. The summed E-state index contributed by atoms with van der Waals surface area (Å²) >= 11 is 4.80. The molecule has 2 aromatic heterocycles. The van der Waals surface area contributed by atoms with Gasteiger partial charge in [-0.2, -0.15) is 5.10 Å². The summed E-state index contributed by atoms with van der Waals surface area (Å²) in [5.41, 5.74) is 8.07. The minimum Gasteiger partial charge on any atom is -0.318 e. The van der Waals surface area contributed by atoms with Crippen molar-refractivity contribution in [3.05, 3.63) is 26.9 Å². The molecule has 0 aliphatic rings. The first-order chi connectivity index (χ1) is 7.65. The van der Waals surface area contributed by atoms with Crippen LogP contribution in [0.25, 0.3) is 0 Å². The van der Waals surface area contributed by atoms with Crippen LogP contribution in [-0.4, -0.2) is 19.4 Å². The lowest BCUT2D eigenvalue weighted by molar-refractivity contribution is 0.601. The molecule has 2 aromatic rings. The van der Waals surface area contributed by atoms with Gasteiger partial charge in [-0.3, -0.25) is 4.68 Å². The fourth-order valence-electron chi connectivity index (χ4n) is 1.58. The van der Waals surface area contributed by atoms with E-state index in [1.54, 1.807) is 6.20 Å². The van der Waals surface area contributed by atoms with Gasteiger partial charge in [0, 0.05) is 6.54 Å². The quantitative estimate of drug-likeness (QED) is 0.939. The van der Waals surface area contributed by atoms with Gasteiger partial charge in [0.15, 0.2) is 0 Å². The highest BCUT2D eigenvalue weighted by molar-refractivity contribution is 9.10. The highest BCUT2D eigenvalue weighted by atomic mass is 79.9. The Labute approximate surface area is 106 Å². The van der Waals surface area contributed by atoms with Crippen LogP contribution >= 0.6 is 27.5 Å². The summed E-state index contributed by atoms with van der Waals surface area (Å²) in [4.78, 5) is 0.982. The average Bonchev–Trinajstić information content (AvgIpc) is 2.83. The molecule has 2 N–H and O–H groups in total. The number of nitrogens with zero attached hydrogens (tertiary/aromatic N) is 4. The van der Waals surface area contributed by atoms with E-state index in [2.05, 4.69) is 30.6 Å². The van der Waals surface area contributed by atoms with Gasteiger partial charge in [0.2, 0.25) is 0 Å². The molecular weight excluding hydrogens is 290 g/mol. The second-order valence-electron chi connectivity index (χ2n) is 3.39. The van der Waals surface area contributed by atoms with Crippen LogP contribution in [0.15, 0.2) is 10.7 Å². The monoisotopic (exact) mass is 301 g/mol. The van der Waals surface area contributed by atoms with Crippen molar-refractivity contribution in [1.29, 1.82) is 0 Å². The van der Waals surface area contributed by atoms with Crippen molar-refractivity contribution in [1.82, 2.24) is 19.4 Å². The molecule has 7 heteroatoms. The van der Waals surface area contributed by atoms with Gasteiger partial charge in [-0.15, -0.1) is 5.10 Å². The van der Waals surface area contributed by atoms with E-state index in [0.717, 1.165) is 27.3 Å². The third-order valence-corrected chi connectivity index (χ3v) is 3.92. The zero-order chi connectivity index (χ0) is 11.7. The molecule has 0 spiro atoms. The molecule has 2 rings (SSSR count). The van der Waals surface area contributed by atoms with E-state index in [-0.39, 0.29) is 6.04 Å². The molecule has 0 aliphatic carbocycles. The first kappa shape index (κ1) is 11.7. The van der Waals surface area contributed by atoms with Gasteiger partial charge in [-0.25, -0.2) is 0 Å². The number of halogens is 1. The summed E-state index contributed by atoms with van der Waals surface area (Å²) in [6.45, 7) is 4.74. The van der Waals surface area contributed by atoms with Crippen LogP contribution in [0.3, 0.4) is 0 Å². The lowest BCUT2D eigenvalue weighted by atomic mass is 10.1. The molecule has 1 unspecified atom stereocenters. The van der Waals surface area contributed by atoms with E-state index < -0.39 is 0 Å². The first-order valence-corrected chi connectivity index (χ1v) is 6.47. The van der Waals surface area contributed by atoms with E-state index >= 15 is 0 Å². The molecule has 16 heavy (non-hydrogen) atoms. The Balaban J connectivity index is 2.44. The Kier molecular flexibility index (Phi) is 3.36. The van der Waals surface area contributed by atoms with Crippen LogP contribution in [0.4, 0.5) is 0 Å². The number of aryl methyl sites for hydroxylation is 2. The second kappa shape index (κ2) is 4.60. The Morgan fingerprint density at radius 1 is 1.62 bits per heavy atom. The van der Waals surface area contributed by atoms with Crippen LogP contribution < -0.4 is 5.73 Å². The Morgan fingerprint density at radius 3 is 2.94 bits per heavy atom. The highest BCUT2D eigenvalue weighted by Crippen LogP contribution is 2.29. The van der Waals surface area contributed by atoms with E-state index in [0.29, 0.717) is 0 Å². The van der Waals surface area contributed by atoms with Gasteiger partial charge in [0.25, 0.3) is 0 Å². The van der Waals surface area contributed by atoms with Crippen LogP contribution in [0, 0.1) is 6.92 Å². The third kappa shape index (κ3) is 1.90. The Hall–Kier alpha value is -0.790. The normalized spacial score (nSPS) is 13.0. The molecule has 0 fully saturated rings. The molecule has 5 nitrogen and oxygen atoms in total. The van der Waals surface area contributed by atoms with Crippen LogP contribution in [0.5, 0.6) is 0 Å². The maximum absolute atomic E-state index is 6.22. The van der Waals surface area contributed by atoms with Gasteiger partial charge in [-0.05, 0) is 41.3 Å².